The highest BCUT2D eigenvalue weighted by Gasteiger charge is 2.21. The van der Waals surface area contributed by atoms with Gasteiger partial charge in [0.25, 0.3) is 0 Å². The molecule has 0 fully saturated rings. The molecule has 5 heteroatoms. The molecule has 0 saturated carbocycles. The molecule has 1 aliphatic heterocycles. The van der Waals surface area contributed by atoms with Crippen molar-refractivity contribution >= 4 is 0 Å². The highest BCUT2D eigenvalue weighted by Crippen LogP contribution is 2.28. The van der Waals surface area contributed by atoms with Crippen LogP contribution in [0.25, 0.3) is 11.3 Å². The van der Waals surface area contributed by atoms with Crippen molar-refractivity contribution in [3.8, 4) is 17.0 Å². The van der Waals surface area contributed by atoms with Gasteiger partial charge in [-0.2, -0.15) is 5.10 Å². The Bertz CT molecular complexity index is 873. The number of pyridine rings is 1. The molecule has 1 aromatic carbocycles. The quantitative estimate of drug-likeness (QED) is 0.797. The molecular formula is C20H22N4O. The molecule has 3 heterocycles. The average molecular weight is 334 g/mol. The Labute approximate surface area is 147 Å². The number of para-hydroxylation sites is 1. The summed E-state index contributed by atoms with van der Waals surface area (Å²) >= 11 is 0. The molecule has 0 aliphatic carbocycles. The normalized spacial score (nSPS) is 16.3. The number of aromatic nitrogens is 3. The summed E-state index contributed by atoms with van der Waals surface area (Å²) in [5.74, 6) is 1.06. The lowest BCUT2D eigenvalue weighted by molar-refractivity contribution is 0.236. The summed E-state index contributed by atoms with van der Waals surface area (Å²) in [4.78, 5) is 4.09. The standard InChI is InChI=1S/C20H22N4O/c1-14-4-3-5-16-10-18(13-25-20(14)16)22-11-17-12-24(2)23-19(17)15-6-8-21-9-7-15/h3-9,12,18,22H,10-11,13H2,1-2H3/t18-/m0/s1. The maximum atomic E-state index is 5.98. The summed E-state index contributed by atoms with van der Waals surface area (Å²) in [7, 11) is 1.96. The van der Waals surface area contributed by atoms with Crippen molar-refractivity contribution in [2.24, 2.45) is 7.05 Å². The van der Waals surface area contributed by atoms with Gasteiger partial charge in [-0.05, 0) is 36.6 Å². The molecule has 2 aromatic heterocycles. The molecular weight excluding hydrogens is 312 g/mol. The van der Waals surface area contributed by atoms with Gasteiger partial charge in [-0.25, -0.2) is 0 Å². The van der Waals surface area contributed by atoms with E-state index in [4.69, 9.17) is 4.74 Å². The van der Waals surface area contributed by atoms with E-state index >= 15 is 0 Å². The fraction of sp³-hybridized carbons (Fsp3) is 0.300. The molecule has 0 spiro atoms. The van der Waals surface area contributed by atoms with Gasteiger partial charge in [-0.1, -0.05) is 18.2 Å². The first-order valence-electron chi connectivity index (χ1n) is 8.58. The van der Waals surface area contributed by atoms with Gasteiger partial charge in [0.15, 0.2) is 0 Å². The van der Waals surface area contributed by atoms with E-state index in [1.165, 1.54) is 16.7 Å². The molecule has 0 bridgehead atoms. The molecule has 5 nitrogen and oxygen atoms in total. The Morgan fingerprint density at radius 3 is 2.92 bits per heavy atom. The van der Waals surface area contributed by atoms with Gasteiger partial charge in [0.1, 0.15) is 12.4 Å². The van der Waals surface area contributed by atoms with Gasteiger partial charge in [-0.3, -0.25) is 9.67 Å². The first kappa shape index (κ1) is 15.8. The highest BCUT2D eigenvalue weighted by molar-refractivity contribution is 5.61. The number of hydrogen-bond acceptors (Lipinski definition) is 4. The van der Waals surface area contributed by atoms with E-state index in [1.807, 2.05) is 23.9 Å². The minimum atomic E-state index is 0.305. The van der Waals surface area contributed by atoms with Crippen molar-refractivity contribution in [3.05, 3.63) is 65.6 Å². The van der Waals surface area contributed by atoms with Crippen LogP contribution in [-0.4, -0.2) is 27.4 Å². The van der Waals surface area contributed by atoms with Crippen molar-refractivity contribution in [1.82, 2.24) is 20.1 Å². The second kappa shape index (κ2) is 6.69. The topological polar surface area (TPSA) is 52.0 Å². The van der Waals surface area contributed by atoms with Crippen molar-refractivity contribution < 1.29 is 4.74 Å². The van der Waals surface area contributed by atoms with E-state index in [-0.39, 0.29) is 0 Å². The number of aryl methyl sites for hydroxylation is 2. The SMILES string of the molecule is Cc1cccc2c1OC[C@@H](NCc1cn(C)nc1-c1ccncc1)C2. The summed E-state index contributed by atoms with van der Waals surface area (Å²) in [5, 5.41) is 8.24. The van der Waals surface area contributed by atoms with Gasteiger partial charge in [0, 0.05) is 49.4 Å². The third-order valence-electron chi connectivity index (χ3n) is 4.63. The van der Waals surface area contributed by atoms with Crippen molar-refractivity contribution in [2.45, 2.75) is 25.9 Å². The smallest absolute Gasteiger partial charge is 0.125 e. The number of hydrogen-bond donors (Lipinski definition) is 1. The molecule has 4 rings (SSSR count). The zero-order valence-corrected chi connectivity index (χ0v) is 14.6. The molecule has 0 radical (unpaired) electrons. The summed E-state index contributed by atoms with van der Waals surface area (Å²) in [6.07, 6.45) is 6.66. The summed E-state index contributed by atoms with van der Waals surface area (Å²) < 4.78 is 7.85. The maximum absolute atomic E-state index is 5.98. The molecule has 3 aromatic rings. The van der Waals surface area contributed by atoms with E-state index in [2.05, 4.69) is 46.7 Å². The Morgan fingerprint density at radius 2 is 2.08 bits per heavy atom. The van der Waals surface area contributed by atoms with Crippen LogP contribution < -0.4 is 10.1 Å². The fourth-order valence-electron chi connectivity index (χ4n) is 3.39. The predicted octanol–water partition coefficient (Wildman–Crippen LogP) is 2.88. The van der Waals surface area contributed by atoms with Crippen LogP contribution in [0.15, 0.2) is 48.9 Å². The van der Waals surface area contributed by atoms with Crippen molar-refractivity contribution in [1.29, 1.82) is 0 Å². The molecule has 25 heavy (non-hydrogen) atoms. The second-order valence-electron chi connectivity index (χ2n) is 6.57. The van der Waals surface area contributed by atoms with Crippen molar-refractivity contribution in [2.75, 3.05) is 6.61 Å². The Hall–Kier alpha value is -2.66. The van der Waals surface area contributed by atoms with Crippen LogP contribution in [0.5, 0.6) is 5.75 Å². The van der Waals surface area contributed by atoms with Gasteiger partial charge in [0.2, 0.25) is 0 Å². The van der Waals surface area contributed by atoms with Crippen LogP contribution in [-0.2, 0) is 20.0 Å². The molecule has 128 valence electrons. The summed E-state index contributed by atoms with van der Waals surface area (Å²) in [6.45, 7) is 3.56. The minimum absolute atomic E-state index is 0.305. The Balaban J connectivity index is 1.48. The number of benzene rings is 1. The predicted molar refractivity (Wildman–Crippen MR) is 97.4 cm³/mol. The van der Waals surface area contributed by atoms with Crippen LogP contribution in [0.3, 0.4) is 0 Å². The number of ether oxygens (including phenoxy) is 1. The largest absolute Gasteiger partial charge is 0.491 e. The zero-order chi connectivity index (χ0) is 17.2. The maximum Gasteiger partial charge on any atom is 0.125 e. The lowest BCUT2D eigenvalue weighted by Gasteiger charge is -2.27. The summed E-state index contributed by atoms with van der Waals surface area (Å²) in [6, 6.07) is 10.7. The molecule has 1 N–H and O–H groups in total. The van der Waals surface area contributed by atoms with Gasteiger partial charge < -0.3 is 10.1 Å². The third-order valence-corrected chi connectivity index (χ3v) is 4.63. The first-order valence-corrected chi connectivity index (χ1v) is 8.58. The van der Waals surface area contributed by atoms with Crippen LogP contribution >= 0.6 is 0 Å². The molecule has 1 atom stereocenters. The van der Waals surface area contributed by atoms with E-state index < -0.39 is 0 Å². The van der Waals surface area contributed by atoms with E-state index in [1.54, 1.807) is 12.4 Å². The van der Waals surface area contributed by atoms with Gasteiger partial charge >= 0.3 is 0 Å². The third kappa shape index (κ3) is 3.28. The van der Waals surface area contributed by atoms with Gasteiger partial charge in [0.05, 0.1) is 5.69 Å². The zero-order valence-electron chi connectivity index (χ0n) is 14.6. The van der Waals surface area contributed by atoms with E-state index in [0.29, 0.717) is 12.6 Å². The van der Waals surface area contributed by atoms with Crippen LogP contribution in [0.4, 0.5) is 0 Å². The van der Waals surface area contributed by atoms with E-state index in [9.17, 15) is 0 Å². The monoisotopic (exact) mass is 334 g/mol. The molecule has 0 amide bonds. The second-order valence-corrected chi connectivity index (χ2v) is 6.57. The number of rotatable bonds is 4. The lowest BCUT2D eigenvalue weighted by atomic mass is 9.99. The summed E-state index contributed by atoms with van der Waals surface area (Å²) in [5.41, 5.74) is 5.77. The van der Waals surface area contributed by atoms with Crippen molar-refractivity contribution in [3.63, 3.8) is 0 Å². The molecule has 1 aliphatic rings. The average Bonchev–Trinajstić information content (AvgIpc) is 3.01. The minimum Gasteiger partial charge on any atom is -0.491 e. The first-order chi connectivity index (χ1) is 12.2. The molecule has 0 unspecified atom stereocenters. The van der Waals surface area contributed by atoms with Crippen LogP contribution in [0.2, 0.25) is 0 Å². The Morgan fingerprint density at radius 1 is 1.24 bits per heavy atom. The number of nitrogens with one attached hydrogen (secondary N) is 1. The van der Waals surface area contributed by atoms with E-state index in [0.717, 1.165) is 30.0 Å². The Kier molecular flexibility index (Phi) is 4.24. The lowest BCUT2D eigenvalue weighted by Crippen LogP contribution is -2.39. The van der Waals surface area contributed by atoms with Crippen LogP contribution in [0.1, 0.15) is 16.7 Å². The number of nitrogens with zero attached hydrogens (tertiary/aromatic N) is 3. The fourth-order valence-corrected chi connectivity index (χ4v) is 3.39. The van der Waals surface area contributed by atoms with Gasteiger partial charge in [-0.15, -0.1) is 0 Å². The molecule has 0 saturated heterocycles. The number of fused-ring (bicyclic) bond motifs is 1. The highest BCUT2D eigenvalue weighted by atomic mass is 16.5. The van der Waals surface area contributed by atoms with Crippen LogP contribution in [0, 0.1) is 6.92 Å².